The van der Waals surface area contributed by atoms with Gasteiger partial charge in [0.25, 0.3) is 0 Å². The molecule has 4 aromatic heterocycles. The molecule has 2 amide bonds. The van der Waals surface area contributed by atoms with Crippen LogP contribution in [0.5, 0.6) is 0 Å². The smallest absolute Gasteiger partial charge is 0.325 e. The molecule has 5 rings (SSSR count). The highest BCUT2D eigenvalue weighted by Crippen LogP contribution is 2.27. The Kier molecular flexibility index (Phi) is 4.89. The summed E-state index contributed by atoms with van der Waals surface area (Å²) in [6.45, 7) is 2.09. The Balaban J connectivity index is 1.24. The van der Waals surface area contributed by atoms with E-state index in [0.29, 0.717) is 5.13 Å². The summed E-state index contributed by atoms with van der Waals surface area (Å²) < 4.78 is 0. The lowest BCUT2D eigenvalue weighted by Crippen LogP contribution is -2.19. The Labute approximate surface area is 180 Å². The van der Waals surface area contributed by atoms with Gasteiger partial charge in [-0.3, -0.25) is 5.32 Å². The molecule has 1 aromatic carbocycles. The number of rotatable bonds is 5. The molecular weight excluding hydrogens is 416 g/mol. The Hall–Kier alpha value is -3.30. The first-order valence-corrected chi connectivity index (χ1v) is 11.1. The SMILES string of the molecule is Cc1csc2ncnc(CCc3cnc(NC(=O)Nc4cccc5cc[nH]c45)s3)c12. The number of H-pyrrole nitrogens is 1. The lowest BCUT2D eigenvalue weighted by Gasteiger charge is -2.06. The molecule has 0 aliphatic carbocycles. The van der Waals surface area contributed by atoms with Crippen LogP contribution in [0.3, 0.4) is 0 Å². The number of thiazole rings is 1. The lowest BCUT2D eigenvalue weighted by molar-refractivity contribution is 0.262. The topological polar surface area (TPSA) is 95.6 Å². The van der Waals surface area contributed by atoms with Crippen LogP contribution in [0.15, 0.2) is 48.4 Å². The summed E-state index contributed by atoms with van der Waals surface area (Å²) in [6, 6.07) is 7.41. The van der Waals surface area contributed by atoms with Crippen molar-refractivity contribution in [2.75, 3.05) is 10.6 Å². The third-order valence-corrected chi connectivity index (χ3v) is 6.83. The van der Waals surface area contributed by atoms with Crippen molar-refractivity contribution in [3.05, 3.63) is 64.5 Å². The Morgan fingerprint density at radius 2 is 2.07 bits per heavy atom. The number of benzene rings is 1. The van der Waals surface area contributed by atoms with Crippen molar-refractivity contribution < 1.29 is 4.79 Å². The van der Waals surface area contributed by atoms with Crippen LogP contribution in [0.4, 0.5) is 15.6 Å². The predicted octanol–water partition coefficient (Wildman–Crippen LogP) is 5.37. The molecule has 30 heavy (non-hydrogen) atoms. The maximum atomic E-state index is 12.4. The molecule has 0 saturated heterocycles. The number of amides is 2. The van der Waals surface area contributed by atoms with Crippen LogP contribution in [-0.2, 0) is 12.8 Å². The van der Waals surface area contributed by atoms with Gasteiger partial charge in [-0.2, -0.15) is 0 Å². The highest BCUT2D eigenvalue weighted by molar-refractivity contribution is 7.17. The number of nitrogens with zero attached hydrogens (tertiary/aromatic N) is 3. The Bertz CT molecular complexity index is 1350. The van der Waals surface area contributed by atoms with E-state index < -0.39 is 0 Å². The zero-order valence-corrected chi connectivity index (χ0v) is 17.7. The zero-order chi connectivity index (χ0) is 20.5. The van der Waals surface area contributed by atoms with Gasteiger partial charge in [0.15, 0.2) is 5.13 Å². The highest BCUT2D eigenvalue weighted by Gasteiger charge is 2.12. The summed E-state index contributed by atoms with van der Waals surface area (Å²) in [4.78, 5) is 30.8. The maximum absolute atomic E-state index is 12.4. The minimum Gasteiger partial charge on any atom is -0.359 e. The number of aromatic nitrogens is 4. The largest absolute Gasteiger partial charge is 0.359 e. The Morgan fingerprint density at radius 1 is 1.13 bits per heavy atom. The molecule has 0 bridgehead atoms. The first kappa shape index (κ1) is 18.7. The number of para-hydroxylation sites is 1. The van der Waals surface area contributed by atoms with E-state index >= 15 is 0 Å². The van der Waals surface area contributed by atoms with E-state index in [1.54, 1.807) is 17.7 Å². The first-order chi connectivity index (χ1) is 14.7. The summed E-state index contributed by atoms with van der Waals surface area (Å²) in [7, 11) is 0. The van der Waals surface area contributed by atoms with Crippen LogP contribution in [0.2, 0.25) is 0 Å². The summed E-state index contributed by atoms with van der Waals surface area (Å²) in [5.41, 5.74) is 3.89. The number of hydrogen-bond acceptors (Lipinski definition) is 6. The molecular formula is C21H18N6OS2. The highest BCUT2D eigenvalue weighted by atomic mass is 32.1. The number of thiophene rings is 1. The molecule has 0 spiro atoms. The van der Waals surface area contributed by atoms with Crippen LogP contribution in [-0.4, -0.2) is 26.0 Å². The van der Waals surface area contributed by atoms with Gasteiger partial charge >= 0.3 is 6.03 Å². The summed E-state index contributed by atoms with van der Waals surface area (Å²) in [5, 5.41) is 10.6. The number of hydrogen-bond donors (Lipinski definition) is 3. The van der Waals surface area contributed by atoms with Crippen molar-refractivity contribution in [2.45, 2.75) is 19.8 Å². The van der Waals surface area contributed by atoms with Crippen molar-refractivity contribution in [2.24, 2.45) is 0 Å². The number of urea groups is 1. The summed E-state index contributed by atoms with van der Waals surface area (Å²) in [6.07, 6.45) is 6.90. The first-order valence-electron chi connectivity index (χ1n) is 9.44. The fraction of sp³-hybridized carbons (Fsp3) is 0.143. The van der Waals surface area contributed by atoms with E-state index in [1.807, 2.05) is 36.7 Å². The second-order valence-corrected chi connectivity index (χ2v) is 8.85. The predicted molar refractivity (Wildman–Crippen MR) is 123 cm³/mol. The molecule has 0 fully saturated rings. The van der Waals surface area contributed by atoms with E-state index in [0.717, 1.165) is 50.2 Å². The number of carbonyl (C=O) groups excluding carboxylic acids is 1. The fourth-order valence-corrected chi connectivity index (χ4v) is 5.16. The number of anilines is 2. The molecule has 5 aromatic rings. The van der Waals surface area contributed by atoms with E-state index in [-0.39, 0.29) is 6.03 Å². The molecule has 0 radical (unpaired) electrons. The molecule has 0 saturated carbocycles. The van der Waals surface area contributed by atoms with E-state index in [2.05, 4.69) is 42.9 Å². The minimum atomic E-state index is -0.315. The van der Waals surface area contributed by atoms with Gasteiger partial charge in [0.05, 0.1) is 16.9 Å². The summed E-state index contributed by atoms with van der Waals surface area (Å²) in [5.74, 6) is 0. The van der Waals surface area contributed by atoms with Crippen LogP contribution < -0.4 is 10.6 Å². The van der Waals surface area contributed by atoms with Crippen LogP contribution in [0.25, 0.3) is 21.1 Å². The normalized spacial score (nSPS) is 11.2. The number of aryl methyl sites for hydroxylation is 3. The third-order valence-electron chi connectivity index (χ3n) is 4.85. The Morgan fingerprint density at radius 3 is 3.00 bits per heavy atom. The molecule has 9 heteroatoms. The molecule has 0 atom stereocenters. The van der Waals surface area contributed by atoms with E-state index in [9.17, 15) is 4.79 Å². The zero-order valence-electron chi connectivity index (χ0n) is 16.1. The van der Waals surface area contributed by atoms with Crippen LogP contribution >= 0.6 is 22.7 Å². The van der Waals surface area contributed by atoms with Gasteiger partial charge in [-0.1, -0.05) is 12.1 Å². The molecule has 3 N–H and O–H groups in total. The fourth-order valence-electron chi connectivity index (χ4n) is 3.44. The maximum Gasteiger partial charge on any atom is 0.325 e. The number of carbonyl (C=O) groups is 1. The minimum absolute atomic E-state index is 0.315. The molecule has 0 aliphatic rings. The van der Waals surface area contributed by atoms with Crippen LogP contribution in [0.1, 0.15) is 16.1 Å². The summed E-state index contributed by atoms with van der Waals surface area (Å²) >= 11 is 3.12. The van der Waals surface area contributed by atoms with Gasteiger partial charge in [0, 0.05) is 28.0 Å². The van der Waals surface area contributed by atoms with Crippen molar-refractivity contribution in [3.8, 4) is 0 Å². The van der Waals surface area contributed by atoms with E-state index in [4.69, 9.17) is 0 Å². The molecule has 150 valence electrons. The van der Waals surface area contributed by atoms with Crippen LogP contribution in [0, 0.1) is 6.92 Å². The van der Waals surface area contributed by atoms with Crippen molar-refractivity contribution in [3.63, 3.8) is 0 Å². The van der Waals surface area contributed by atoms with Gasteiger partial charge in [-0.25, -0.2) is 19.7 Å². The molecule has 4 heterocycles. The molecule has 0 aliphatic heterocycles. The van der Waals surface area contributed by atoms with Crippen molar-refractivity contribution >= 4 is 60.6 Å². The monoisotopic (exact) mass is 434 g/mol. The van der Waals surface area contributed by atoms with Gasteiger partial charge in [-0.15, -0.1) is 22.7 Å². The average molecular weight is 435 g/mol. The van der Waals surface area contributed by atoms with Gasteiger partial charge in [0.2, 0.25) is 0 Å². The van der Waals surface area contributed by atoms with Gasteiger partial charge < -0.3 is 10.3 Å². The van der Waals surface area contributed by atoms with Gasteiger partial charge in [0.1, 0.15) is 11.2 Å². The lowest BCUT2D eigenvalue weighted by atomic mass is 10.1. The molecule has 7 nitrogen and oxygen atoms in total. The number of aromatic amines is 1. The second kappa shape index (κ2) is 7.85. The number of fused-ring (bicyclic) bond motifs is 2. The van der Waals surface area contributed by atoms with Crippen molar-refractivity contribution in [1.29, 1.82) is 0 Å². The standard InChI is InChI=1S/C21H18N6OS2/c1-12-10-29-19-17(12)15(24-11-25-19)6-5-14-9-23-21(30-14)27-20(28)26-16-4-2-3-13-7-8-22-18(13)16/h2-4,7-11,22H,5-6H2,1H3,(H2,23,26,27,28). The average Bonchev–Trinajstić information content (AvgIpc) is 3.47. The molecule has 0 unspecified atom stereocenters. The number of nitrogens with one attached hydrogen (secondary N) is 3. The second-order valence-electron chi connectivity index (χ2n) is 6.88. The van der Waals surface area contributed by atoms with E-state index in [1.165, 1.54) is 16.9 Å². The van der Waals surface area contributed by atoms with Gasteiger partial charge in [-0.05, 0) is 42.8 Å². The van der Waals surface area contributed by atoms with Crippen molar-refractivity contribution in [1.82, 2.24) is 19.9 Å². The quantitative estimate of drug-likeness (QED) is 0.347. The third kappa shape index (κ3) is 3.64.